The quantitative estimate of drug-likeness (QED) is 0.837. The van der Waals surface area contributed by atoms with E-state index < -0.39 is 0 Å². The average molecular weight is 308 g/mol. The van der Waals surface area contributed by atoms with E-state index >= 15 is 0 Å². The lowest BCUT2D eigenvalue weighted by atomic mass is 9.70. The molecule has 0 atom stereocenters. The van der Waals surface area contributed by atoms with E-state index in [2.05, 4.69) is 34.1 Å². The third kappa shape index (κ3) is 1.84. The summed E-state index contributed by atoms with van der Waals surface area (Å²) in [6.07, 6.45) is 5.82. The van der Waals surface area contributed by atoms with Crippen molar-refractivity contribution in [1.82, 2.24) is 0 Å². The highest BCUT2D eigenvalue weighted by Gasteiger charge is 2.44. The summed E-state index contributed by atoms with van der Waals surface area (Å²) in [5.41, 5.74) is 3.45. The molecule has 0 unspecified atom stereocenters. The number of hydrogen-bond acceptors (Lipinski definition) is 2. The summed E-state index contributed by atoms with van der Waals surface area (Å²) in [4.78, 5) is 0. The Kier molecular flexibility index (Phi) is 3.07. The van der Waals surface area contributed by atoms with Crippen LogP contribution in [0.25, 0.3) is 0 Å². The number of rotatable bonds is 1. The number of hydrogen-bond donors (Lipinski definition) is 1. The van der Waals surface area contributed by atoms with Gasteiger partial charge in [0.25, 0.3) is 0 Å². The van der Waals surface area contributed by atoms with E-state index in [1.807, 2.05) is 0 Å². The predicted molar refractivity (Wildman–Crippen MR) is 76.4 cm³/mol. The molecule has 3 rings (SSSR count). The van der Waals surface area contributed by atoms with Crippen LogP contribution < -0.4 is 0 Å². The molecule has 1 spiro atoms. The van der Waals surface area contributed by atoms with Crippen molar-refractivity contribution < 1.29 is 4.74 Å². The van der Waals surface area contributed by atoms with Crippen LogP contribution in [0.1, 0.15) is 36.8 Å². The zero-order chi connectivity index (χ0) is 12.8. The van der Waals surface area contributed by atoms with Gasteiger partial charge in [-0.15, -0.1) is 0 Å². The highest BCUT2D eigenvalue weighted by molar-refractivity contribution is 9.10. The minimum atomic E-state index is 0.0954. The summed E-state index contributed by atoms with van der Waals surface area (Å²) >= 11 is 3.51. The second kappa shape index (κ2) is 4.46. The first-order chi connectivity index (χ1) is 8.64. The van der Waals surface area contributed by atoms with E-state index in [0.29, 0.717) is 6.10 Å². The van der Waals surface area contributed by atoms with Crippen molar-refractivity contribution in [3.63, 3.8) is 0 Å². The van der Waals surface area contributed by atoms with Crippen LogP contribution in [0.15, 0.2) is 22.7 Å². The summed E-state index contributed by atoms with van der Waals surface area (Å²) in [6, 6.07) is 6.37. The summed E-state index contributed by atoms with van der Waals surface area (Å²) in [6.45, 7) is 0. The van der Waals surface area contributed by atoms with Crippen molar-refractivity contribution in [2.24, 2.45) is 5.41 Å². The van der Waals surface area contributed by atoms with Gasteiger partial charge >= 0.3 is 0 Å². The molecule has 0 saturated heterocycles. The van der Waals surface area contributed by atoms with Crippen LogP contribution in [0.2, 0.25) is 0 Å². The van der Waals surface area contributed by atoms with Gasteiger partial charge in [0.1, 0.15) is 0 Å². The van der Waals surface area contributed by atoms with Gasteiger partial charge < -0.3 is 10.1 Å². The van der Waals surface area contributed by atoms with Crippen LogP contribution in [0.4, 0.5) is 0 Å². The smallest absolute Gasteiger partial charge is 0.0572 e. The first kappa shape index (κ1) is 12.4. The molecular weight excluding hydrogens is 290 g/mol. The summed E-state index contributed by atoms with van der Waals surface area (Å²) in [5.74, 6) is 0. The Labute approximate surface area is 116 Å². The highest BCUT2D eigenvalue weighted by Crippen LogP contribution is 2.47. The predicted octanol–water partition coefficient (Wildman–Crippen LogP) is 3.95. The SMILES string of the molecule is COC1CCC2(CC1)Cc1ccc(Br)cc1C2=N. The van der Waals surface area contributed by atoms with Crippen LogP contribution >= 0.6 is 15.9 Å². The highest BCUT2D eigenvalue weighted by atomic mass is 79.9. The van der Waals surface area contributed by atoms with Crippen molar-refractivity contribution in [3.05, 3.63) is 33.8 Å². The van der Waals surface area contributed by atoms with Gasteiger partial charge in [0.15, 0.2) is 0 Å². The molecule has 1 saturated carbocycles. The fourth-order valence-electron chi connectivity index (χ4n) is 3.48. The number of benzene rings is 1. The van der Waals surface area contributed by atoms with Crippen LogP contribution in [-0.4, -0.2) is 18.9 Å². The molecule has 0 amide bonds. The second-order valence-electron chi connectivity index (χ2n) is 5.57. The maximum absolute atomic E-state index is 8.53. The Bertz CT molecular complexity index is 489. The van der Waals surface area contributed by atoms with E-state index in [4.69, 9.17) is 10.1 Å². The van der Waals surface area contributed by atoms with Crippen LogP contribution in [0, 0.1) is 10.8 Å². The Morgan fingerprint density at radius 3 is 2.72 bits per heavy atom. The maximum Gasteiger partial charge on any atom is 0.0572 e. The van der Waals surface area contributed by atoms with Gasteiger partial charge in [0.05, 0.1) is 6.10 Å². The molecule has 2 aliphatic carbocycles. The Morgan fingerprint density at radius 2 is 2.06 bits per heavy atom. The molecule has 1 aromatic carbocycles. The Hall–Kier alpha value is -0.670. The van der Waals surface area contributed by atoms with Crippen molar-refractivity contribution in [1.29, 1.82) is 5.41 Å². The van der Waals surface area contributed by atoms with E-state index in [1.54, 1.807) is 7.11 Å². The molecule has 0 aromatic heterocycles. The molecule has 18 heavy (non-hydrogen) atoms. The van der Waals surface area contributed by atoms with E-state index in [-0.39, 0.29) is 5.41 Å². The fourth-order valence-corrected chi connectivity index (χ4v) is 3.84. The molecule has 1 aromatic rings. The number of ether oxygens (including phenoxy) is 1. The average Bonchev–Trinajstić information content (AvgIpc) is 2.65. The zero-order valence-electron chi connectivity index (χ0n) is 10.6. The van der Waals surface area contributed by atoms with Gasteiger partial charge in [0, 0.05) is 28.3 Å². The third-order valence-corrected chi connectivity index (χ3v) is 5.12. The Balaban J connectivity index is 1.88. The van der Waals surface area contributed by atoms with Crippen molar-refractivity contribution in [3.8, 4) is 0 Å². The molecule has 96 valence electrons. The normalized spacial score (nSPS) is 30.8. The molecular formula is C15H18BrNO. The third-order valence-electron chi connectivity index (χ3n) is 4.62. The standard InChI is InChI=1S/C15H18BrNO/c1-18-12-4-6-15(7-5-12)9-10-2-3-11(16)8-13(10)14(15)17/h2-3,8,12,17H,4-7,9H2,1H3. The van der Waals surface area contributed by atoms with Gasteiger partial charge in [-0.25, -0.2) is 0 Å². The van der Waals surface area contributed by atoms with Crippen LogP contribution in [0.3, 0.4) is 0 Å². The van der Waals surface area contributed by atoms with Crippen molar-refractivity contribution in [2.75, 3.05) is 7.11 Å². The topological polar surface area (TPSA) is 33.1 Å². The number of halogens is 1. The molecule has 3 heteroatoms. The Morgan fingerprint density at radius 1 is 1.33 bits per heavy atom. The van der Waals surface area contributed by atoms with Crippen LogP contribution in [0.5, 0.6) is 0 Å². The summed E-state index contributed by atoms with van der Waals surface area (Å²) < 4.78 is 6.52. The lowest BCUT2D eigenvalue weighted by molar-refractivity contribution is 0.0467. The van der Waals surface area contributed by atoms with Gasteiger partial charge in [-0.1, -0.05) is 22.0 Å². The minimum absolute atomic E-state index is 0.0954. The molecule has 0 radical (unpaired) electrons. The van der Waals surface area contributed by atoms with Gasteiger partial charge in [-0.2, -0.15) is 0 Å². The zero-order valence-corrected chi connectivity index (χ0v) is 12.2. The van der Waals surface area contributed by atoms with E-state index in [9.17, 15) is 0 Å². The lowest BCUT2D eigenvalue weighted by Crippen LogP contribution is -2.35. The molecule has 0 bridgehead atoms. The summed E-state index contributed by atoms with van der Waals surface area (Å²) in [5, 5.41) is 8.53. The van der Waals surface area contributed by atoms with Gasteiger partial charge in [-0.05, 0) is 49.8 Å². The first-order valence-electron chi connectivity index (χ1n) is 6.55. The molecule has 0 aliphatic heterocycles. The largest absolute Gasteiger partial charge is 0.381 e. The van der Waals surface area contributed by atoms with Gasteiger partial charge in [0.2, 0.25) is 0 Å². The van der Waals surface area contributed by atoms with Crippen molar-refractivity contribution in [2.45, 2.75) is 38.2 Å². The molecule has 1 N–H and O–H groups in total. The van der Waals surface area contributed by atoms with Crippen molar-refractivity contribution >= 4 is 21.6 Å². The molecule has 0 heterocycles. The number of methoxy groups -OCH3 is 1. The molecule has 2 nitrogen and oxygen atoms in total. The van der Waals surface area contributed by atoms with Crippen LogP contribution in [-0.2, 0) is 11.2 Å². The molecule has 1 fully saturated rings. The van der Waals surface area contributed by atoms with Gasteiger partial charge in [-0.3, -0.25) is 0 Å². The van der Waals surface area contributed by atoms with E-state index in [1.165, 1.54) is 5.56 Å². The second-order valence-corrected chi connectivity index (χ2v) is 6.48. The fraction of sp³-hybridized carbons (Fsp3) is 0.533. The maximum atomic E-state index is 8.53. The van der Waals surface area contributed by atoms with E-state index in [0.717, 1.165) is 47.9 Å². The minimum Gasteiger partial charge on any atom is -0.381 e. The first-order valence-corrected chi connectivity index (χ1v) is 7.34. The number of fused-ring (bicyclic) bond motifs is 1. The lowest BCUT2D eigenvalue weighted by Gasteiger charge is -2.36. The monoisotopic (exact) mass is 307 g/mol. The molecule has 2 aliphatic rings. The number of nitrogens with one attached hydrogen (secondary N) is 1. The summed E-state index contributed by atoms with van der Waals surface area (Å²) in [7, 11) is 1.80.